The van der Waals surface area contributed by atoms with E-state index in [4.69, 9.17) is 4.52 Å². The number of aromatic nitrogens is 2. The number of aryl methyl sites for hydroxylation is 1. The number of phenolic OH excluding ortho intramolecular Hbond substituents is 1. The lowest BCUT2D eigenvalue weighted by atomic mass is 9.82. The summed E-state index contributed by atoms with van der Waals surface area (Å²) in [7, 11) is 0. The average molecular weight is 350 g/mol. The van der Waals surface area contributed by atoms with Crippen molar-refractivity contribution < 1.29 is 9.63 Å². The molecule has 0 amide bonds. The van der Waals surface area contributed by atoms with Crippen LogP contribution in [-0.2, 0) is 5.41 Å². The first kappa shape index (κ1) is 18.2. The van der Waals surface area contributed by atoms with E-state index in [1.54, 1.807) is 0 Å². The molecule has 1 aromatic heterocycles. The predicted octanol–water partition coefficient (Wildman–Crippen LogP) is 5.84. The largest absolute Gasteiger partial charge is 0.507 e. The summed E-state index contributed by atoms with van der Waals surface area (Å²) < 4.78 is 5.52. The number of nitrogens with zero attached hydrogens (tertiary/aromatic N) is 2. The third-order valence-corrected chi connectivity index (χ3v) is 4.65. The van der Waals surface area contributed by atoms with E-state index in [9.17, 15) is 5.11 Å². The highest BCUT2D eigenvalue weighted by molar-refractivity contribution is 5.69. The van der Waals surface area contributed by atoms with Crippen LogP contribution < -0.4 is 0 Å². The van der Waals surface area contributed by atoms with Gasteiger partial charge in [0.05, 0.1) is 5.56 Å². The fourth-order valence-electron chi connectivity index (χ4n) is 2.99. The first-order valence-corrected chi connectivity index (χ1v) is 8.96. The second-order valence-electron chi connectivity index (χ2n) is 8.11. The minimum absolute atomic E-state index is 0.192. The molecule has 0 bridgehead atoms. The number of hydrogen-bond donors (Lipinski definition) is 1. The van der Waals surface area contributed by atoms with Gasteiger partial charge in [0.1, 0.15) is 5.75 Å². The van der Waals surface area contributed by atoms with Crippen molar-refractivity contribution in [3.8, 4) is 28.6 Å². The van der Waals surface area contributed by atoms with Gasteiger partial charge in [-0.2, -0.15) is 4.98 Å². The van der Waals surface area contributed by atoms with E-state index in [0.29, 0.717) is 23.2 Å². The third kappa shape index (κ3) is 3.36. The molecule has 1 heterocycles. The molecule has 0 atom stereocenters. The maximum atomic E-state index is 10.9. The lowest BCUT2D eigenvalue weighted by Gasteiger charge is -2.23. The standard InChI is InChI=1S/C22H26N2O2/c1-13(2)15-11-17(19(25)18(12-15)22(4,5)6)21-23-20(24-26-21)16-10-8-7-9-14(16)3/h7-13,25H,1-6H3. The fraction of sp³-hybridized carbons (Fsp3) is 0.364. The zero-order valence-corrected chi connectivity index (χ0v) is 16.3. The fourth-order valence-corrected chi connectivity index (χ4v) is 2.99. The molecule has 0 saturated carbocycles. The summed E-state index contributed by atoms with van der Waals surface area (Å²) >= 11 is 0. The maximum Gasteiger partial charge on any atom is 0.262 e. The van der Waals surface area contributed by atoms with Gasteiger partial charge in [-0.1, -0.05) is 70.1 Å². The Hall–Kier alpha value is -2.62. The smallest absolute Gasteiger partial charge is 0.262 e. The zero-order valence-electron chi connectivity index (χ0n) is 16.3. The number of aromatic hydroxyl groups is 1. The van der Waals surface area contributed by atoms with Crippen molar-refractivity contribution in [2.75, 3.05) is 0 Å². The molecule has 136 valence electrons. The average Bonchev–Trinajstić information content (AvgIpc) is 3.03. The molecule has 0 spiro atoms. The predicted molar refractivity (Wildman–Crippen MR) is 104 cm³/mol. The Bertz CT molecular complexity index is 934. The molecule has 0 fully saturated rings. The summed E-state index contributed by atoms with van der Waals surface area (Å²) in [5.41, 5.74) is 4.43. The molecular formula is C22H26N2O2. The van der Waals surface area contributed by atoms with Crippen LogP contribution in [-0.4, -0.2) is 15.2 Å². The van der Waals surface area contributed by atoms with Crippen molar-refractivity contribution in [1.29, 1.82) is 0 Å². The van der Waals surface area contributed by atoms with Crippen molar-refractivity contribution in [2.45, 2.75) is 52.9 Å². The summed E-state index contributed by atoms with van der Waals surface area (Å²) in [6.45, 7) is 12.5. The van der Waals surface area contributed by atoms with E-state index in [0.717, 1.165) is 22.3 Å². The molecule has 26 heavy (non-hydrogen) atoms. The van der Waals surface area contributed by atoms with Crippen LogP contribution in [0.5, 0.6) is 5.75 Å². The van der Waals surface area contributed by atoms with Gasteiger partial charge < -0.3 is 9.63 Å². The molecule has 0 radical (unpaired) electrons. The Morgan fingerprint density at radius 3 is 2.35 bits per heavy atom. The van der Waals surface area contributed by atoms with Crippen LogP contribution in [0.4, 0.5) is 0 Å². The Morgan fingerprint density at radius 1 is 1.04 bits per heavy atom. The van der Waals surface area contributed by atoms with E-state index >= 15 is 0 Å². The molecule has 3 aromatic rings. The van der Waals surface area contributed by atoms with Gasteiger partial charge >= 0.3 is 0 Å². The SMILES string of the molecule is Cc1ccccc1-c1noc(-c2cc(C(C)C)cc(C(C)(C)C)c2O)n1. The van der Waals surface area contributed by atoms with Gasteiger partial charge in [0, 0.05) is 11.1 Å². The lowest BCUT2D eigenvalue weighted by molar-refractivity contribution is 0.420. The molecule has 0 aliphatic rings. The molecule has 4 nitrogen and oxygen atoms in total. The lowest BCUT2D eigenvalue weighted by Crippen LogP contribution is -2.12. The van der Waals surface area contributed by atoms with Crippen LogP contribution in [0.15, 0.2) is 40.9 Å². The number of hydrogen-bond acceptors (Lipinski definition) is 4. The summed E-state index contributed by atoms with van der Waals surface area (Å²) in [5, 5.41) is 15.0. The molecule has 0 aliphatic carbocycles. The molecule has 3 rings (SSSR count). The molecule has 0 saturated heterocycles. The maximum absolute atomic E-state index is 10.9. The van der Waals surface area contributed by atoms with Gasteiger partial charge in [-0.15, -0.1) is 0 Å². The molecule has 2 aromatic carbocycles. The van der Waals surface area contributed by atoms with Crippen molar-refractivity contribution in [3.63, 3.8) is 0 Å². The van der Waals surface area contributed by atoms with Crippen LogP contribution in [0.25, 0.3) is 22.8 Å². The highest BCUT2D eigenvalue weighted by Crippen LogP contribution is 2.40. The first-order chi connectivity index (χ1) is 12.2. The van der Waals surface area contributed by atoms with Gasteiger partial charge in [0.2, 0.25) is 5.82 Å². The summed E-state index contributed by atoms with van der Waals surface area (Å²) in [6.07, 6.45) is 0. The van der Waals surface area contributed by atoms with Crippen LogP contribution in [0.3, 0.4) is 0 Å². The summed E-state index contributed by atoms with van der Waals surface area (Å²) in [5.74, 6) is 1.41. The van der Waals surface area contributed by atoms with E-state index in [-0.39, 0.29) is 11.2 Å². The molecule has 4 heteroatoms. The topological polar surface area (TPSA) is 59.2 Å². The number of rotatable bonds is 3. The monoisotopic (exact) mass is 350 g/mol. The second-order valence-corrected chi connectivity index (χ2v) is 8.11. The molecular weight excluding hydrogens is 324 g/mol. The number of phenols is 1. The minimum atomic E-state index is -0.192. The quantitative estimate of drug-likeness (QED) is 0.645. The van der Waals surface area contributed by atoms with E-state index in [2.05, 4.69) is 50.8 Å². The summed E-state index contributed by atoms with van der Waals surface area (Å²) in [6, 6.07) is 11.9. The third-order valence-electron chi connectivity index (χ3n) is 4.65. The van der Waals surface area contributed by atoms with Crippen molar-refractivity contribution in [3.05, 3.63) is 53.1 Å². The van der Waals surface area contributed by atoms with Gasteiger partial charge in [-0.3, -0.25) is 0 Å². The van der Waals surface area contributed by atoms with E-state index in [1.165, 1.54) is 0 Å². The highest BCUT2D eigenvalue weighted by atomic mass is 16.5. The Balaban J connectivity index is 2.16. The molecule has 0 aliphatic heterocycles. The van der Waals surface area contributed by atoms with Gasteiger partial charge in [-0.05, 0) is 35.4 Å². The Labute approximate surface area is 154 Å². The van der Waals surface area contributed by atoms with Gasteiger partial charge in [-0.25, -0.2) is 0 Å². The Morgan fingerprint density at radius 2 is 1.73 bits per heavy atom. The highest BCUT2D eigenvalue weighted by Gasteiger charge is 2.25. The van der Waals surface area contributed by atoms with Crippen LogP contribution >= 0.6 is 0 Å². The molecule has 0 unspecified atom stereocenters. The second kappa shape index (κ2) is 6.60. The van der Waals surface area contributed by atoms with Gasteiger partial charge in [0.25, 0.3) is 5.89 Å². The number of benzene rings is 2. The van der Waals surface area contributed by atoms with Crippen molar-refractivity contribution in [1.82, 2.24) is 10.1 Å². The zero-order chi connectivity index (χ0) is 19.1. The van der Waals surface area contributed by atoms with Crippen LogP contribution in [0, 0.1) is 6.92 Å². The van der Waals surface area contributed by atoms with Gasteiger partial charge in [0.15, 0.2) is 0 Å². The van der Waals surface area contributed by atoms with E-state index < -0.39 is 0 Å². The minimum Gasteiger partial charge on any atom is -0.507 e. The Kier molecular flexibility index (Phi) is 4.61. The van der Waals surface area contributed by atoms with E-state index in [1.807, 2.05) is 37.3 Å². The van der Waals surface area contributed by atoms with Crippen LogP contribution in [0.2, 0.25) is 0 Å². The first-order valence-electron chi connectivity index (χ1n) is 8.96. The van der Waals surface area contributed by atoms with Crippen molar-refractivity contribution in [2.24, 2.45) is 0 Å². The van der Waals surface area contributed by atoms with Crippen molar-refractivity contribution >= 4 is 0 Å². The summed E-state index contributed by atoms with van der Waals surface area (Å²) in [4.78, 5) is 4.56. The van der Waals surface area contributed by atoms with Crippen LogP contribution in [0.1, 0.15) is 57.2 Å². The normalized spacial score (nSPS) is 12.0. The molecule has 1 N–H and O–H groups in total.